The summed E-state index contributed by atoms with van der Waals surface area (Å²) in [5.41, 5.74) is 2.36. The third kappa shape index (κ3) is 4.19. The highest BCUT2D eigenvalue weighted by Gasteiger charge is 2.26. The Morgan fingerprint density at radius 1 is 0.964 bits per heavy atom. The van der Waals surface area contributed by atoms with Gasteiger partial charge in [-0.25, -0.2) is 9.37 Å². The third-order valence-corrected chi connectivity index (χ3v) is 4.67. The van der Waals surface area contributed by atoms with E-state index in [-0.39, 0.29) is 17.8 Å². The molecule has 5 heteroatoms. The van der Waals surface area contributed by atoms with Gasteiger partial charge in [-0.1, -0.05) is 42.5 Å². The molecular weight excluding hydrogens is 353 g/mol. The standard InChI is InChI=1S/C23H24FN3O/c1-4-27(23(28)19-12-15-21(25-16-19)26(2)3)22(17-8-6-5-7-9-17)18-10-13-20(24)14-11-18/h5-16,22H,4H2,1-3H3. The van der Waals surface area contributed by atoms with Gasteiger partial charge in [0.25, 0.3) is 5.91 Å². The summed E-state index contributed by atoms with van der Waals surface area (Å²) in [6.45, 7) is 2.45. The zero-order chi connectivity index (χ0) is 20.1. The third-order valence-electron chi connectivity index (χ3n) is 4.67. The fourth-order valence-corrected chi connectivity index (χ4v) is 3.22. The molecule has 0 saturated carbocycles. The van der Waals surface area contributed by atoms with Gasteiger partial charge in [-0.3, -0.25) is 4.79 Å². The van der Waals surface area contributed by atoms with Gasteiger partial charge in [0.2, 0.25) is 0 Å². The minimum Gasteiger partial charge on any atom is -0.363 e. The van der Waals surface area contributed by atoms with Crippen LogP contribution in [0.3, 0.4) is 0 Å². The van der Waals surface area contributed by atoms with Crippen molar-refractivity contribution in [3.63, 3.8) is 0 Å². The maximum Gasteiger partial charge on any atom is 0.256 e. The molecule has 144 valence electrons. The lowest BCUT2D eigenvalue weighted by Gasteiger charge is -2.32. The molecule has 0 spiro atoms. The van der Waals surface area contributed by atoms with E-state index in [1.165, 1.54) is 12.1 Å². The van der Waals surface area contributed by atoms with Gasteiger partial charge in [0.05, 0.1) is 11.6 Å². The smallest absolute Gasteiger partial charge is 0.256 e. The predicted molar refractivity (Wildman–Crippen MR) is 110 cm³/mol. The Labute approximate surface area is 165 Å². The molecule has 4 nitrogen and oxygen atoms in total. The minimum atomic E-state index is -0.312. The molecule has 0 N–H and O–H groups in total. The van der Waals surface area contributed by atoms with Crippen LogP contribution in [0.4, 0.5) is 10.2 Å². The quantitative estimate of drug-likeness (QED) is 0.633. The summed E-state index contributed by atoms with van der Waals surface area (Å²) in [6.07, 6.45) is 1.60. The molecule has 1 heterocycles. The minimum absolute atomic E-state index is 0.113. The van der Waals surface area contributed by atoms with E-state index < -0.39 is 0 Å². The average molecular weight is 377 g/mol. The van der Waals surface area contributed by atoms with E-state index in [1.54, 1.807) is 29.3 Å². The van der Waals surface area contributed by atoms with E-state index in [1.807, 2.05) is 62.3 Å². The Bertz CT molecular complexity index is 909. The Kier molecular flexibility index (Phi) is 6.04. The van der Waals surface area contributed by atoms with Gasteiger partial charge in [-0.2, -0.15) is 0 Å². The van der Waals surface area contributed by atoms with Crippen molar-refractivity contribution in [2.75, 3.05) is 25.5 Å². The lowest BCUT2D eigenvalue weighted by atomic mass is 9.96. The van der Waals surface area contributed by atoms with Crippen LogP contribution in [0.5, 0.6) is 0 Å². The number of halogens is 1. The number of carbonyl (C=O) groups excluding carboxylic acids is 1. The van der Waals surface area contributed by atoms with Crippen molar-refractivity contribution in [2.45, 2.75) is 13.0 Å². The van der Waals surface area contributed by atoms with Crippen molar-refractivity contribution in [3.05, 3.63) is 95.4 Å². The molecule has 0 aliphatic carbocycles. The summed E-state index contributed by atoms with van der Waals surface area (Å²) < 4.78 is 13.5. The molecule has 0 radical (unpaired) electrons. The zero-order valence-corrected chi connectivity index (χ0v) is 16.3. The number of aromatic nitrogens is 1. The number of rotatable bonds is 6. The van der Waals surface area contributed by atoms with Crippen molar-refractivity contribution in [2.24, 2.45) is 0 Å². The molecule has 0 fully saturated rings. The average Bonchev–Trinajstić information content (AvgIpc) is 2.73. The van der Waals surface area contributed by atoms with Gasteiger partial charge in [-0.15, -0.1) is 0 Å². The molecule has 0 aliphatic rings. The van der Waals surface area contributed by atoms with Crippen LogP contribution < -0.4 is 4.90 Å². The van der Waals surface area contributed by atoms with Crippen LogP contribution in [0, 0.1) is 5.82 Å². The fourth-order valence-electron chi connectivity index (χ4n) is 3.22. The summed E-state index contributed by atoms with van der Waals surface area (Å²) in [7, 11) is 3.81. The monoisotopic (exact) mass is 377 g/mol. The van der Waals surface area contributed by atoms with Crippen LogP contribution in [0.1, 0.15) is 34.5 Å². The highest BCUT2D eigenvalue weighted by molar-refractivity contribution is 5.94. The molecule has 1 atom stereocenters. The van der Waals surface area contributed by atoms with Crippen molar-refractivity contribution in [3.8, 4) is 0 Å². The SMILES string of the molecule is CCN(C(=O)c1ccc(N(C)C)nc1)C(c1ccccc1)c1ccc(F)cc1. The summed E-state index contributed by atoms with van der Waals surface area (Å²) in [5, 5.41) is 0. The molecule has 0 bridgehead atoms. The van der Waals surface area contributed by atoms with Gasteiger partial charge in [0.1, 0.15) is 11.6 Å². The number of amides is 1. The van der Waals surface area contributed by atoms with Crippen molar-refractivity contribution >= 4 is 11.7 Å². The number of carbonyl (C=O) groups is 1. The molecule has 3 aromatic rings. The number of anilines is 1. The van der Waals surface area contributed by atoms with Crippen LogP contribution >= 0.6 is 0 Å². The number of benzene rings is 2. The maximum absolute atomic E-state index is 13.5. The molecule has 1 unspecified atom stereocenters. The number of hydrogen-bond donors (Lipinski definition) is 0. The van der Waals surface area contributed by atoms with Gasteiger partial charge >= 0.3 is 0 Å². The number of pyridine rings is 1. The topological polar surface area (TPSA) is 36.4 Å². The van der Waals surface area contributed by atoms with E-state index in [0.717, 1.165) is 16.9 Å². The van der Waals surface area contributed by atoms with Crippen molar-refractivity contribution < 1.29 is 9.18 Å². The van der Waals surface area contributed by atoms with E-state index in [9.17, 15) is 9.18 Å². The highest BCUT2D eigenvalue weighted by atomic mass is 19.1. The Balaban J connectivity index is 2.01. The van der Waals surface area contributed by atoms with E-state index in [2.05, 4.69) is 4.98 Å². The molecule has 0 saturated heterocycles. The molecule has 0 aliphatic heterocycles. The number of nitrogens with zero attached hydrogens (tertiary/aromatic N) is 3. The lowest BCUT2D eigenvalue weighted by molar-refractivity contribution is 0.0716. The van der Waals surface area contributed by atoms with Crippen LogP contribution in [0.25, 0.3) is 0 Å². The second-order valence-corrected chi connectivity index (χ2v) is 6.76. The summed E-state index contributed by atoms with van der Waals surface area (Å²) in [4.78, 5) is 21.3. The Hall–Kier alpha value is -3.21. The summed E-state index contributed by atoms with van der Waals surface area (Å²) in [6, 6.07) is 19.4. The highest BCUT2D eigenvalue weighted by Crippen LogP contribution is 2.30. The summed E-state index contributed by atoms with van der Waals surface area (Å²) >= 11 is 0. The molecular formula is C23H24FN3O. The first kappa shape index (κ1) is 19.5. The molecule has 28 heavy (non-hydrogen) atoms. The molecule has 2 aromatic carbocycles. The molecule has 3 rings (SSSR count). The Morgan fingerprint density at radius 3 is 2.14 bits per heavy atom. The second-order valence-electron chi connectivity index (χ2n) is 6.76. The van der Waals surface area contributed by atoms with Crippen LogP contribution in [0.2, 0.25) is 0 Å². The maximum atomic E-state index is 13.5. The van der Waals surface area contributed by atoms with Gasteiger partial charge < -0.3 is 9.80 Å². The first-order valence-corrected chi connectivity index (χ1v) is 9.26. The first-order chi connectivity index (χ1) is 13.5. The zero-order valence-electron chi connectivity index (χ0n) is 16.3. The first-order valence-electron chi connectivity index (χ1n) is 9.26. The Morgan fingerprint density at radius 2 is 1.61 bits per heavy atom. The second kappa shape index (κ2) is 8.65. The van der Waals surface area contributed by atoms with Crippen LogP contribution in [-0.4, -0.2) is 36.4 Å². The van der Waals surface area contributed by atoms with Gasteiger partial charge in [0, 0.05) is 26.8 Å². The summed E-state index contributed by atoms with van der Waals surface area (Å²) in [5.74, 6) is 0.379. The van der Waals surface area contributed by atoms with Crippen molar-refractivity contribution in [1.82, 2.24) is 9.88 Å². The van der Waals surface area contributed by atoms with Crippen LogP contribution in [0.15, 0.2) is 72.9 Å². The lowest BCUT2D eigenvalue weighted by Crippen LogP contribution is -2.35. The largest absolute Gasteiger partial charge is 0.363 e. The van der Waals surface area contributed by atoms with Gasteiger partial charge in [0.15, 0.2) is 0 Å². The van der Waals surface area contributed by atoms with Crippen molar-refractivity contribution in [1.29, 1.82) is 0 Å². The normalized spacial score (nSPS) is 11.7. The van der Waals surface area contributed by atoms with Gasteiger partial charge in [-0.05, 0) is 42.3 Å². The van der Waals surface area contributed by atoms with E-state index >= 15 is 0 Å². The number of hydrogen-bond acceptors (Lipinski definition) is 3. The molecule has 1 aromatic heterocycles. The fraction of sp³-hybridized carbons (Fsp3) is 0.217. The van der Waals surface area contributed by atoms with Crippen LogP contribution in [-0.2, 0) is 0 Å². The van der Waals surface area contributed by atoms with E-state index in [4.69, 9.17) is 0 Å². The molecule has 1 amide bonds. The van der Waals surface area contributed by atoms with E-state index in [0.29, 0.717) is 12.1 Å². The predicted octanol–water partition coefficient (Wildman–Crippen LogP) is 4.54.